The predicted octanol–water partition coefficient (Wildman–Crippen LogP) is 4.41. The first-order valence-electron chi connectivity index (χ1n) is 6.04. The van der Waals surface area contributed by atoms with E-state index in [0.717, 1.165) is 21.1 Å². The van der Waals surface area contributed by atoms with Crippen LogP contribution in [0.2, 0.25) is 5.28 Å². The fourth-order valence-electron chi connectivity index (χ4n) is 2.24. The fraction of sp³-hybridized carbons (Fsp3) is 0.143. The smallest absolute Gasteiger partial charge is 0.222 e. The van der Waals surface area contributed by atoms with Crippen LogP contribution < -0.4 is 5.30 Å². The lowest BCUT2D eigenvalue weighted by atomic mass is 10.1. The summed E-state index contributed by atoms with van der Waals surface area (Å²) in [7, 11) is -0.167. The molecule has 0 atom stereocenters. The predicted molar refractivity (Wildman–Crippen MR) is 90.4 cm³/mol. The van der Waals surface area contributed by atoms with Gasteiger partial charge >= 0.3 is 0 Å². The van der Waals surface area contributed by atoms with Crippen LogP contribution in [-0.2, 0) is 0 Å². The highest BCUT2D eigenvalue weighted by Gasteiger charge is 2.14. The second-order valence-electron chi connectivity index (χ2n) is 4.63. The molecular formula is C14H12BrClN3P. The maximum atomic E-state index is 5.92. The van der Waals surface area contributed by atoms with E-state index in [1.807, 2.05) is 6.20 Å². The van der Waals surface area contributed by atoms with Crippen molar-refractivity contribution in [3.8, 4) is 11.3 Å². The maximum absolute atomic E-state index is 5.92. The molecule has 0 unspecified atom stereocenters. The van der Waals surface area contributed by atoms with Crippen LogP contribution in [-0.4, -0.2) is 28.3 Å². The Hall–Kier alpha value is -0.960. The fourth-order valence-corrected chi connectivity index (χ4v) is 3.80. The van der Waals surface area contributed by atoms with Gasteiger partial charge in [-0.25, -0.2) is 9.97 Å². The summed E-state index contributed by atoms with van der Waals surface area (Å²) < 4.78 is 0.837. The summed E-state index contributed by atoms with van der Waals surface area (Å²) in [6, 6.07) is 6.37. The quantitative estimate of drug-likeness (QED) is 0.538. The number of nitrogens with one attached hydrogen (secondary N) is 1. The largest absolute Gasteiger partial charge is 0.360 e. The Labute approximate surface area is 131 Å². The van der Waals surface area contributed by atoms with Crippen LogP contribution in [0.15, 0.2) is 35.1 Å². The summed E-state index contributed by atoms with van der Waals surface area (Å²) in [6.07, 6.45) is 3.66. The first-order valence-corrected chi connectivity index (χ1v) is 9.44. The lowest BCUT2D eigenvalue weighted by Crippen LogP contribution is -2.00. The van der Waals surface area contributed by atoms with Crippen LogP contribution in [0.25, 0.3) is 22.2 Å². The molecule has 0 aliphatic heterocycles. The van der Waals surface area contributed by atoms with Gasteiger partial charge in [-0.1, -0.05) is 26.1 Å². The van der Waals surface area contributed by atoms with Crippen molar-refractivity contribution in [3.63, 3.8) is 0 Å². The first kappa shape index (κ1) is 14.0. The Bertz CT molecular complexity index is 785. The van der Waals surface area contributed by atoms with Gasteiger partial charge in [-0.2, -0.15) is 0 Å². The van der Waals surface area contributed by atoms with Gasteiger partial charge in [0.05, 0.1) is 15.7 Å². The Kier molecular flexibility index (Phi) is 3.80. The molecule has 0 fully saturated rings. The topological polar surface area (TPSA) is 41.6 Å². The maximum Gasteiger partial charge on any atom is 0.222 e. The lowest BCUT2D eigenvalue weighted by molar-refractivity contribution is 1.16. The van der Waals surface area contributed by atoms with Gasteiger partial charge in [0.1, 0.15) is 0 Å². The van der Waals surface area contributed by atoms with Crippen LogP contribution in [0.4, 0.5) is 0 Å². The second-order valence-corrected chi connectivity index (χ2v) is 8.10. The van der Waals surface area contributed by atoms with Crippen molar-refractivity contribution < 1.29 is 0 Å². The molecule has 2 aromatic heterocycles. The van der Waals surface area contributed by atoms with Crippen LogP contribution in [0, 0.1) is 0 Å². The highest BCUT2D eigenvalue weighted by Crippen LogP contribution is 2.35. The number of aromatic amines is 1. The van der Waals surface area contributed by atoms with E-state index in [4.69, 9.17) is 11.6 Å². The van der Waals surface area contributed by atoms with Gasteiger partial charge < -0.3 is 4.98 Å². The number of halogens is 2. The molecule has 3 nitrogen and oxygen atoms in total. The number of hydrogen-bond donors (Lipinski definition) is 1. The number of hydrogen-bond acceptors (Lipinski definition) is 2. The van der Waals surface area contributed by atoms with E-state index in [1.54, 1.807) is 6.20 Å². The van der Waals surface area contributed by atoms with Gasteiger partial charge in [0.25, 0.3) is 0 Å². The molecule has 0 spiro atoms. The van der Waals surface area contributed by atoms with Gasteiger partial charge in [-0.3, -0.25) is 0 Å². The van der Waals surface area contributed by atoms with Crippen molar-refractivity contribution >= 4 is 51.7 Å². The SMILES string of the molecule is CP(C)c1cccc2c(-c3nc(Cl)ncc3Br)c[nH]c12. The zero-order valence-corrected chi connectivity index (χ0v) is 14.2. The molecule has 102 valence electrons. The van der Waals surface area contributed by atoms with E-state index in [0.29, 0.717) is 0 Å². The van der Waals surface area contributed by atoms with Crippen molar-refractivity contribution in [3.05, 3.63) is 40.3 Å². The van der Waals surface area contributed by atoms with Crippen molar-refractivity contribution in [2.75, 3.05) is 13.3 Å². The average molecular weight is 369 g/mol. The molecule has 1 aromatic carbocycles. The monoisotopic (exact) mass is 367 g/mol. The molecule has 0 saturated carbocycles. The van der Waals surface area contributed by atoms with E-state index in [-0.39, 0.29) is 13.2 Å². The summed E-state index contributed by atoms with van der Waals surface area (Å²) in [5.74, 6) is 0. The lowest BCUT2D eigenvalue weighted by Gasteiger charge is -2.08. The molecule has 0 aliphatic rings. The number of benzene rings is 1. The van der Waals surface area contributed by atoms with Crippen molar-refractivity contribution in [2.24, 2.45) is 0 Å². The van der Waals surface area contributed by atoms with Gasteiger partial charge in [0.2, 0.25) is 5.28 Å². The Morgan fingerprint density at radius 2 is 2.10 bits per heavy atom. The van der Waals surface area contributed by atoms with Crippen molar-refractivity contribution in [1.82, 2.24) is 15.0 Å². The molecule has 2 heterocycles. The number of para-hydroxylation sites is 1. The summed E-state index contributed by atoms with van der Waals surface area (Å²) in [5.41, 5.74) is 3.03. The van der Waals surface area contributed by atoms with Crippen LogP contribution in [0.3, 0.4) is 0 Å². The zero-order valence-electron chi connectivity index (χ0n) is 11.0. The van der Waals surface area contributed by atoms with E-state index in [2.05, 4.69) is 62.4 Å². The molecule has 0 saturated heterocycles. The first-order chi connectivity index (χ1) is 9.58. The Balaban J connectivity index is 2.28. The molecule has 3 rings (SSSR count). The third-order valence-electron chi connectivity index (χ3n) is 3.15. The van der Waals surface area contributed by atoms with Crippen LogP contribution in [0.1, 0.15) is 0 Å². The number of nitrogens with zero attached hydrogens (tertiary/aromatic N) is 2. The molecule has 1 N–H and O–H groups in total. The van der Waals surface area contributed by atoms with Crippen LogP contribution in [0.5, 0.6) is 0 Å². The van der Waals surface area contributed by atoms with Gasteiger partial charge in [0, 0.05) is 23.3 Å². The van der Waals surface area contributed by atoms with Gasteiger partial charge in [0.15, 0.2) is 0 Å². The number of H-pyrrole nitrogens is 1. The molecule has 0 amide bonds. The average Bonchev–Trinajstić information content (AvgIpc) is 2.85. The number of aromatic nitrogens is 3. The number of fused-ring (bicyclic) bond motifs is 1. The van der Waals surface area contributed by atoms with E-state index < -0.39 is 0 Å². The standard InChI is InChI=1S/C14H12BrClN3P/c1-20(2)11-5-3-4-8-9(6-17-13(8)11)12-10(15)7-18-14(16)19-12/h3-7,17H,1-2H3. The third kappa shape index (κ3) is 2.37. The summed E-state index contributed by atoms with van der Waals surface area (Å²) >= 11 is 9.41. The minimum atomic E-state index is -0.167. The van der Waals surface area contributed by atoms with Gasteiger partial charge in [-0.15, -0.1) is 0 Å². The highest BCUT2D eigenvalue weighted by atomic mass is 79.9. The molecule has 0 aliphatic carbocycles. The molecule has 0 bridgehead atoms. The van der Waals surface area contributed by atoms with Gasteiger partial charge in [-0.05, 0) is 46.2 Å². The highest BCUT2D eigenvalue weighted by molar-refractivity contribution is 9.10. The molecule has 3 aromatic rings. The summed E-state index contributed by atoms with van der Waals surface area (Å²) in [5, 5.41) is 2.77. The molecule has 20 heavy (non-hydrogen) atoms. The third-order valence-corrected chi connectivity index (χ3v) is 5.24. The number of rotatable bonds is 2. The molecular weight excluding hydrogens is 357 g/mol. The normalized spacial score (nSPS) is 11.4. The molecule has 6 heteroatoms. The zero-order chi connectivity index (χ0) is 14.3. The minimum Gasteiger partial charge on any atom is -0.360 e. The second kappa shape index (κ2) is 5.44. The van der Waals surface area contributed by atoms with Crippen LogP contribution >= 0.6 is 35.5 Å². The van der Waals surface area contributed by atoms with E-state index in [9.17, 15) is 0 Å². The van der Waals surface area contributed by atoms with E-state index in [1.165, 1.54) is 10.8 Å². The molecule has 0 radical (unpaired) electrons. The Morgan fingerprint density at radius 3 is 2.85 bits per heavy atom. The van der Waals surface area contributed by atoms with Crippen molar-refractivity contribution in [2.45, 2.75) is 0 Å². The van der Waals surface area contributed by atoms with Crippen molar-refractivity contribution in [1.29, 1.82) is 0 Å². The summed E-state index contributed by atoms with van der Waals surface area (Å²) in [4.78, 5) is 11.7. The minimum absolute atomic E-state index is 0.167. The van der Waals surface area contributed by atoms with E-state index >= 15 is 0 Å². The summed E-state index contributed by atoms with van der Waals surface area (Å²) in [6.45, 7) is 4.50. The Morgan fingerprint density at radius 1 is 1.30 bits per heavy atom.